The zero-order chi connectivity index (χ0) is 42.3. The highest BCUT2D eigenvalue weighted by Crippen LogP contribution is 2.13. The maximum atomic E-state index is 12.6. The summed E-state index contributed by atoms with van der Waals surface area (Å²) >= 11 is 0. The summed E-state index contributed by atoms with van der Waals surface area (Å²) in [6.07, 6.45) is 59.0. The van der Waals surface area contributed by atoms with Crippen molar-refractivity contribution >= 4 is 17.9 Å². The zero-order valence-electron chi connectivity index (χ0n) is 37.5. The summed E-state index contributed by atoms with van der Waals surface area (Å²) in [6.45, 7) is 6.33. The Bertz CT molecular complexity index is 1160. The Balaban J connectivity index is 4.36. The van der Waals surface area contributed by atoms with Crippen LogP contribution >= 0.6 is 0 Å². The quantitative estimate of drug-likeness (QED) is 0.0265. The van der Waals surface area contributed by atoms with Gasteiger partial charge < -0.3 is 14.2 Å². The lowest BCUT2D eigenvalue weighted by atomic mass is 10.1. The SMILES string of the molecule is CC/C=C\C/C=C\C/C=C\C/C=C\C/C=C\CC(=O)OC(COC(=O)CCCCCCCC)COC(=O)CCCCCCCCCCC/C=C\C/C=C\CCCCC. The third-order valence-corrected chi connectivity index (χ3v) is 9.67. The molecule has 0 spiro atoms. The van der Waals surface area contributed by atoms with E-state index in [0.717, 1.165) is 77.0 Å². The average molecular weight is 807 g/mol. The average Bonchev–Trinajstić information content (AvgIpc) is 3.22. The van der Waals surface area contributed by atoms with Crippen molar-refractivity contribution in [2.75, 3.05) is 13.2 Å². The molecule has 0 fully saturated rings. The molecule has 0 saturated heterocycles. The van der Waals surface area contributed by atoms with E-state index in [1.807, 2.05) is 6.08 Å². The fourth-order valence-electron chi connectivity index (χ4n) is 6.13. The fourth-order valence-corrected chi connectivity index (χ4v) is 6.13. The van der Waals surface area contributed by atoms with Gasteiger partial charge in [0.25, 0.3) is 0 Å². The van der Waals surface area contributed by atoms with Gasteiger partial charge in [0.2, 0.25) is 0 Å². The molecule has 6 nitrogen and oxygen atoms in total. The number of hydrogen-bond donors (Lipinski definition) is 0. The second-order valence-electron chi connectivity index (χ2n) is 15.3. The third kappa shape index (κ3) is 43.7. The molecule has 1 atom stereocenters. The van der Waals surface area contributed by atoms with Gasteiger partial charge in [-0.25, -0.2) is 0 Å². The van der Waals surface area contributed by atoms with Gasteiger partial charge in [-0.05, 0) is 77.0 Å². The molecular weight excluding hydrogens is 721 g/mol. The molecule has 0 aromatic heterocycles. The Kier molecular flexibility index (Phi) is 43.6. The summed E-state index contributed by atoms with van der Waals surface area (Å²) in [7, 11) is 0. The van der Waals surface area contributed by atoms with Gasteiger partial charge in [-0.1, -0.05) is 196 Å². The van der Waals surface area contributed by atoms with Crippen LogP contribution in [0.5, 0.6) is 0 Å². The smallest absolute Gasteiger partial charge is 0.310 e. The van der Waals surface area contributed by atoms with Crippen LogP contribution in [0.15, 0.2) is 85.1 Å². The summed E-state index contributed by atoms with van der Waals surface area (Å²) in [5.74, 6) is -1.07. The Morgan fingerprint density at radius 1 is 0.379 bits per heavy atom. The van der Waals surface area contributed by atoms with Crippen LogP contribution in [0.2, 0.25) is 0 Å². The highest BCUT2D eigenvalue weighted by molar-refractivity contribution is 5.72. The number of hydrogen-bond acceptors (Lipinski definition) is 6. The summed E-state index contributed by atoms with van der Waals surface area (Å²) in [5, 5.41) is 0. The Labute approximate surface area is 356 Å². The number of rotatable bonds is 41. The van der Waals surface area contributed by atoms with Crippen LogP contribution in [0.3, 0.4) is 0 Å². The summed E-state index contributed by atoms with van der Waals surface area (Å²) < 4.78 is 16.5. The lowest BCUT2D eigenvalue weighted by Crippen LogP contribution is -2.30. The lowest BCUT2D eigenvalue weighted by Gasteiger charge is -2.18. The van der Waals surface area contributed by atoms with E-state index in [1.165, 1.54) is 89.9 Å². The van der Waals surface area contributed by atoms with Crippen LogP contribution in [-0.4, -0.2) is 37.2 Å². The minimum Gasteiger partial charge on any atom is -0.462 e. The van der Waals surface area contributed by atoms with Crippen LogP contribution in [0, 0.1) is 0 Å². The van der Waals surface area contributed by atoms with Crippen molar-refractivity contribution in [3.05, 3.63) is 85.1 Å². The number of allylic oxidation sites excluding steroid dienone is 13. The van der Waals surface area contributed by atoms with Crippen molar-refractivity contribution < 1.29 is 28.6 Å². The molecule has 1 unspecified atom stereocenters. The minimum atomic E-state index is -0.828. The number of carbonyl (C=O) groups is 3. The first-order valence-corrected chi connectivity index (χ1v) is 23.6. The van der Waals surface area contributed by atoms with E-state index in [4.69, 9.17) is 14.2 Å². The monoisotopic (exact) mass is 807 g/mol. The van der Waals surface area contributed by atoms with Crippen molar-refractivity contribution in [1.82, 2.24) is 0 Å². The van der Waals surface area contributed by atoms with Crippen LogP contribution < -0.4 is 0 Å². The van der Waals surface area contributed by atoms with E-state index in [1.54, 1.807) is 6.08 Å². The van der Waals surface area contributed by atoms with Gasteiger partial charge in [0, 0.05) is 12.8 Å². The molecule has 0 aromatic rings. The lowest BCUT2D eigenvalue weighted by molar-refractivity contribution is -0.166. The van der Waals surface area contributed by atoms with Crippen LogP contribution in [0.4, 0.5) is 0 Å². The molecule has 58 heavy (non-hydrogen) atoms. The van der Waals surface area contributed by atoms with Crippen molar-refractivity contribution in [1.29, 1.82) is 0 Å². The fraction of sp³-hybridized carbons (Fsp3) is 0.673. The molecule has 0 heterocycles. The summed E-state index contributed by atoms with van der Waals surface area (Å²) in [6, 6.07) is 0. The maximum absolute atomic E-state index is 12.6. The van der Waals surface area contributed by atoms with Crippen LogP contribution in [0.25, 0.3) is 0 Å². The Hall–Kier alpha value is -3.41. The number of unbranched alkanes of at least 4 members (excludes halogenated alkanes) is 17. The van der Waals surface area contributed by atoms with Gasteiger partial charge in [-0.3, -0.25) is 14.4 Å². The van der Waals surface area contributed by atoms with Gasteiger partial charge in [-0.2, -0.15) is 0 Å². The zero-order valence-corrected chi connectivity index (χ0v) is 37.5. The molecule has 0 saturated carbocycles. The van der Waals surface area contributed by atoms with Gasteiger partial charge >= 0.3 is 17.9 Å². The predicted molar refractivity (Wildman–Crippen MR) is 247 cm³/mol. The molecule has 0 aliphatic heterocycles. The van der Waals surface area contributed by atoms with Gasteiger partial charge in [0.05, 0.1) is 6.42 Å². The molecule has 0 rings (SSSR count). The van der Waals surface area contributed by atoms with E-state index in [2.05, 4.69) is 93.7 Å². The van der Waals surface area contributed by atoms with E-state index >= 15 is 0 Å². The highest BCUT2D eigenvalue weighted by atomic mass is 16.6. The molecule has 6 heteroatoms. The van der Waals surface area contributed by atoms with E-state index < -0.39 is 12.1 Å². The standard InChI is InChI=1S/C52H86O6/c1-4-7-10-13-16-18-20-22-24-25-26-27-29-30-32-34-36-39-42-45-51(54)57-48-49(47-56-50(53)44-41-38-15-12-9-6-3)58-52(55)46-43-40-37-35-33-31-28-23-21-19-17-14-11-8-5-2/h8,11,16-19,22-24,28,33,35,40,43,49H,4-7,9-10,12-15,20-21,25-27,29-32,34,36-39,41-42,44-48H2,1-3H3/b11-8-,18-16-,19-17-,24-22-,28-23-,35-33-,43-40-. The molecular formula is C52H86O6. The highest BCUT2D eigenvalue weighted by Gasteiger charge is 2.19. The summed E-state index contributed by atoms with van der Waals surface area (Å²) in [5.41, 5.74) is 0. The van der Waals surface area contributed by atoms with Crippen molar-refractivity contribution in [3.63, 3.8) is 0 Å². The number of ether oxygens (including phenoxy) is 3. The van der Waals surface area contributed by atoms with Gasteiger partial charge in [0.1, 0.15) is 13.2 Å². The number of carbonyl (C=O) groups excluding carboxylic acids is 3. The first-order valence-electron chi connectivity index (χ1n) is 23.6. The van der Waals surface area contributed by atoms with E-state index in [0.29, 0.717) is 12.8 Å². The van der Waals surface area contributed by atoms with Crippen LogP contribution in [-0.2, 0) is 28.6 Å². The minimum absolute atomic E-state index is 0.0956. The second-order valence-corrected chi connectivity index (χ2v) is 15.3. The molecule has 330 valence electrons. The molecule has 0 aliphatic carbocycles. The largest absolute Gasteiger partial charge is 0.462 e. The van der Waals surface area contributed by atoms with Gasteiger partial charge in [-0.15, -0.1) is 0 Å². The normalized spacial score (nSPS) is 12.8. The first-order chi connectivity index (χ1) is 28.5. The number of esters is 3. The molecule has 0 aromatic carbocycles. The molecule has 0 amide bonds. The molecule has 0 radical (unpaired) electrons. The van der Waals surface area contributed by atoms with Crippen molar-refractivity contribution in [2.24, 2.45) is 0 Å². The Morgan fingerprint density at radius 2 is 0.724 bits per heavy atom. The van der Waals surface area contributed by atoms with Crippen molar-refractivity contribution in [2.45, 2.75) is 213 Å². The van der Waals surface area contributed by atoms with Crippen molar-refractivity contribution in [3.8, 4) is 0 Å². The van der Waals surface area contributed by atoms with Crippen LogP contribution in [0.1, 0.15) is 207 Å². The van der Waals surface area contributed by atoms with E-state index in [-0.39, 0.29) is 31.6 Å². The van der Waals surface area contributed by atoms with Gasteiger partial charge in [0.15, 0.2) is 6.10 Å². The summed E-state index contributed by atoms with van der Waals surface area (Å²) in [4.78, 5) is 37.6. The third-order valence-electron chi connectivity index (χ3n) is 9.67. The second kappa shape index (κ2) is 46.3. The maximum Gasteiger partial charge on any atom is 0.310 e. The van der Waals surface area contributed by atoms with E-state index in [9.17, 15) is 14.4 Å². The topological polar surface area (TPSA) is 78.9 Å². The molecule has 0 N–H and O–H groups in total. The first kappa shape index (κ1) is 54.6. The molecule has 0 aliphatic rings. The molecule has 0 bridgehead atoms. The predicted octanol–water partition coefficient (Wildman–Crippen LogP) is 15.3. The Morgan fingerprint density at radius 3 is 1.17 bits per heavy atom.